The molecule has 0 radical (unpaired) electrons. The molecular formula is C14H18N4O3. The largest absolute Gasteiger partial charge is 0.487 e. The molecule has 7 heteroatoms. The Morgan fingerprint density at radius 3 is 2.76 bits per heavy atom. The van der Waals surface area contributed by atoms with Gasteiger partial charge >= 0.3 is 5.69 Å². The van der Waals surface area contributed by atoms with Gasteiger partial charge in [0.05, 0.1) is 22.9 Å². The smallest absolute Gasteiger partial charge is 0.334 e. The first-order valence-corrected chi connectivity index (χ1v) is 6.76. The summed E-state index contributed by atoms with van der Waals surface area (Å²) in [7, 11) is 1.81. The highest BCUT2D eigenvalue weighted by Crippen LogP contribution is 2.36. The van der Waals surface area contributed by atoms with Gasteiger partial charge in [-0.05, 0) is 25.5 Å². The minimum atomic E-state index is -0.435. The molecule has 21 heavy (non-hydrogen) atoms. The molecule has 0 unspecified atom stereocenters. The lowest BCUT2D eigenvalue weighted by atomic mass is 10.2. The normalized spacial score (nSPS) is 10.4. The van der Waals surface area contributed by atoms with Gasteiger partial charge in [-0.1, -0.05) is 13.0 Å². The van der Waals surface area contributed by atoms with E-state index < -0.39 is 4.92 Å². The van der Waals surface area contributed by atoms with Crippen LogP contribution in [0.1, 0.15) is 19.5 Å². The van der Waals surface area contributed by atoms with Crippen LogP contribution in [0.25, 0.3) is 0 Å². The van der Waals surface area contributed by atoms with Crippen LogP contribution < -0.4 is 10.1 Å². The van der Waals surface area contributed by atoms with Crippen LogP contribution in [-0.2, 0) is 13.5 Å². The SMILES string of the molecule is CCOc1cccc(Nc2cn(C)nc2CC)c1[N+](=O)[O-]. The third kappa shape index (κ3) is 3.13. The second-order valence-electron chi connectivity index (χ2n) is 4.48. The molecule has 1 N–H and O–H groups in total. The van der Waals surface area contributed by atoms with Gasteiger partial charge in [0.15, 0.2) is 5.75 Å². The number of nitrogens with one attached hydrogen (secondary N) is 1. The lowest BCUT2D eigenvalue weighted by molar-refractivity contribution is -0.384. The maximum Gasteiger partial charge on any atom is 0.334 e. The fraction of sp³-hybridized carbons (Fsp3) is 0.357. The Hall–Kier alpha value is -2.57. The first-order valence-electron chi connectivity index (χ1n) is 6.76. The minimum absolute atomic E-state index is 0.0646. The molecule has 0 spiro atoms. The number of para-hydroxylation sites is 1. The monoisotopic (exact) mass is 290 g/mol. The summed E-state index contributed by atoms with van der Waals surface area (Å²) in [5, 5.41) is 18.7. The maximum absolute atomic E-state index is 11.3. The Bertz CT molecular complexity index is 652. The van der Waals surface area contributed by atoms with E-state index in [9.17, 15) is 10.1 Å². The van der Waals surface area contributed by atoms with Gasteiger partial charge in [0.2, 0.25) is 0 Å². The van der Waals surface area contributed by atoms with Gasteiger partial charge in [0.1, 0.15) is 5.69 Å². The number of aryl methyl sites for hydroxylation is 2. The fourth-order valence-electron chi connectivity index (χ4n) is 2.13. The molecule has 0 atom stereocenters. The Balaban J connectivity index is 2.43. The third-order valence-corrected chi connectivity index (χ3v) is 2.99. The molecule has 112 valence electrons. The lowest BCUT2D eigenvalue weighted by Gasteiger charge is -2.10. The summed E-state index contributed by atoms with van der Waals surface area (Å²) in [5.41, 5.74) is 1.95. The van der Waals surface area contributed by atoms with E-state index in [1.807, 2.05) is 14.0 Å². The van der Waals surface area contributed by atoms with Crippen molar-refractivity contribution in [3.8, 4) is 5.75 Å². The van der Waals surface area contributed by atoms with Gasteiger partial charge in [-0.2, -0.15) is 5.10 Å². The molecule has 1 heterocycles. The zero-order chi connectivity index (χ0) is 15.4. The van der Waals surface area contributed by atoms with Crippen LogP contribution in [0.5, 0.6) is 5.75 Å². The molecule has 0 bridgehead atoms. The summed E-state index contributed by atoms with van der Waals surface area (Å²) >= 11 is 0. The molecule has 0 amide bonds. The van der Waals surface area contributed by atoms with E-state index in [-0.39, 0.29) is 11.4 Å². The summed E-state index contributed by atoms with van der Waals surface area (Å²) in [4.78, 5) is 10.9. The van der Waals surface area contributed by atoms with Crippen LogP contribution in [0.3, 0.4) is 0 Å². The summed E-state index contributed by atoms with van der Waals surface area (Å²) in [6.07, 6.45) is 2.54. The molecule has 0 saturated carbocycles. The van der Waals surface area contributed by atoms with Gasteiger partial charge < -0.3 is 10.1 Å². The Morgan fingerprint density at radius 2 is 2.14 bits per heavy atom. The highest BCUT2D eigenvalue weighted by Gasteiger charge is 2.22. The topological polar surface area (TPSA) is 82.2 Å². The van der Waals surface area contributed by atoms with Crippen molar-refractivity contribution in [2.45, 2.75) is 20.3 Å². The third-order valence-electron chi connectivity index (χ3n) is 2.99. The number of benzene rings is 1. The van der Waals surface area contributed by atoms with Crippen molar-refractivity contribution in [3.63, 3.8) is 0 Å². The van der Waals surface area contributed by atoms with E-state index in [2.05, 4.69) is 10.4 Å². The van der Waals surface area contributed by atoms with Gasteiger partial charge in [-0.15, -0.1) is 0 Å². The van der Waals surface area contributed by atoms with E-state index >= 15 is 0 Å². The van der Waals surface area contributed by atoms with E-state index in [1.54, 1.807) is 36.0 Å². The molecule has 0 saturated heterocycles. The number of nitro groups is 1. The summed E-state index contributed by atoms with van der Waals surface area (Å²) in [6.45, 7) is 4.15. The molecule has 0 aliphatic rings. The minimum Gasteiger partial charge on any atom is -0.487 e. The van der Waals surface area contributed by atoms with Crippen LogP contribution in [0.2, 0.25) is 0 Å². The summed E-state index contributed by atoms with van der Waals surface area (Å²) < 4.78 is 7.02. The van der Waals surface area contributed by atoms with Crippen LogP contribution in [0, 0.1) is 10.1 Å². The van der Waals surface area contributed by atoms with E-state index in [1.165, 1.54) is 0 Å². The number of anilines is 2. The average Bonchev–Trinajstić information content (AvgIpc) is 2.79. The van der Waals surface area contributed by atoms with Gasteiger partial charge in [0.25, 0.3) is 0 Å². The summed E-state index contributed by atoms with van der Waals surface area (Å²) in [5.74, 6) is 0.259. The number of ether oxygens (including phenoxy) is 1. The second-order valence-corrected chi connectivity index (χ2v) is 4.48. The zero-order valence-electron chi connectivity index (χ0n) is 12.3. The number of nitrogens with zero attached hydrogens (tertiary/aromatic N) is 3. The van der Waals surface area contributed by atoms with Crippen molar-refractivity contribution >= 4 is 17.1 Å². The lowest BCUT2D eigenvalue weighted by Crippen LogP contribution is -2.02. The van der Waals surface area contributed by atoms with Gasteiger partial charge in [-0.3, -0.25) is 14.8 Å². The van der Waals surface area contributed by atoms with E-state index in [0.29, 0.717) is 12.3 Å². The van der Waals surface area contributed by atoms with Crippen molar-refractivity contribution in [1.29, 1.82) is 0 Å². The van der Waals surface area contributed by atoms with Crippen LogP contribution in [0.15, 0.2) is 24.4 Å². The number of nitro benzene ring substituents is 1. The van der Waals surface area contributed by atoms with Crippen molar-refractivity contribution < 1.29 is 9.66 Å². The average molecular weight is 290 g/mol. The number of hydrogen-bond donors (Lipinski definition) is 1. The molecule has 0 aliphatic heterocycles. The molecule has 0 aliphatic carbocycles. The molecular weight excluding hydrogens is 272 g/mol. The predicted molar refractivity (Wildman–Crippen MR) is 80.1 cm³/mol. The van der Waals surface area contributed by atoms with Crippen molar-refractivity contribution in [1.82, 2.24) is 9.78 Å². The molecule has 1 aromatic carbocycles. The quantitative estimate of drug-likeness (QED) is 0.653. The highest BCUT2D eigenvalue weighted by molar-refractivity contribution is 5.74. The number of rotatable bonds is 6. The van der Waals surface area contributed by atoms with Crippen molar-refractivity contribution in [3.05, 3.63) is 40.2 Å². The first kappa shape index (κ1) is 14.8. The standard InChI is InChI=1S/C14H18N4O3/c1-4-10-12(9-17(3)16-10)15-11-7-6-8-13(21-5-2)14(11)18(19)20/h6-9,15H,4-5H2,1-3H3. The Morgan fingerprint density at radius 1 is 1.38 bits per heavy atom. The van der Waals surface area contributed by atoms with E-state index in [0.717, 1.165) is 17.8 Å². The number of aromatic nitrogens is 2. The van der Waals surface area contributed by atoms with Gasteiger partial charge in [0, 0.05) is 13.2 Å². The Kier molecular flexibility index (Phi) is 4.42. The van der Waals surface area contributed by atoms with Crippen molar-refractivity contribution in [2.24, 2.45) is 7.05 Å². The van der Waals surface area contributed by atoms with Gasteiger partial charge in [-0.25, -0.2) is 0 Å². The predicted octanol–water partition coefficient (Wildman–Crippen LogP) is 3.03. The maximum atomic E-state index is 11.3. The van der Waals surface area contributed by atoms with Crippen LogP contribution in [0.4, 0.5) is 17.1 Å². The zero-order valence-corrected chi connectivity index (χ0v) is 12.3. The molecule has 7 nitrogen and oxygen atoms in total. The molecule has 2 aromatic rings. The summed E-state index contributed by atoms with van der Waals surface area (Å²) in [6, 6.07) is 4.98. The number of hydrogen-bond acceptors (Lipinski definition) is 5. The Labute approximate surface area is 122 Å². The molecule has 2 rings (SSSR count). The first-order chi connectivity index (χ1) is 10.1. The van der Waals surface area contributed by atoms with Crippen LogP contribution in [-0.4, -0.2) is 21.3 Å². The van der Waals surface area contributed by atoms with E-state index in [4.69, 9.17) is 4.74 Å². The fourth-order valence-corrected chi connectivity index (χ4v) is 2.13. The highest BCUT2D eigenvalue weighted by atomic mass is 16.6. The van der Waals surface area contributed by atoms with Crippen molar-refractivity contribution in [2.75, 3.05) is 11.9 Å². The molecule has 1 aromatic heterocycles. The van der Waals surface area contributed by atoms with Crippen LogP contribution >= 0.6 is 0 Å². The second kappa shape index (κ2) is 6.25. The molecule has 0 fully saturated rings.